The Hall–Kier alpha value is -1.40. The van der Waals surface area contributed by atoms with Gasteiger partial charge in [0, 0.05) is 24.0 Å². The number of rotatable bonds is 3. The topological polar surface area (TPSA) is 75.3 Å². The predicted molar refractivity (Wildman–Crippen MR) is 76.2 cm³/mol. The van der Waals surface area contributed by atoms with Crippen molar-refractivity contribution in [3.63, 3.8) is 0 Å². The van der Waals surface area contributed by atoms with Crippen molar-refractivity contribution in [1.82, 2.24) is 5.32 Å². The Labute approximate surface area is 118 Å². The maximum Gasteiger partial charge on any atom is 0.229 e. The molecule has 2 N–H and O–H groups in total. The number of anilines is 1. The average molecular weight is 294 g/mol. The Morgan fingerprint density at radius 3 is 2.75 bits per heavy atom. The van der Waals surface area contributed by atoms with Crippen LogP contribution in [0.3, 0.4) is 0 Å². The summed E-state index contributed by atoms with van der Waals surface area (Å²) in [5.74, 6) is -0.0222. The first-order valence-electron chi connectivity index (χ1n) is 6.80. The number of fused-ring (bicyclic) bond motifs is 2. The van der Waals surface area contributed by atoms with Crippen LogP contribution in [-0.2, 0) is 14.6 Å². The van der Waals surface area contributed by atoms with E-state index in [9.17, 15) is 13.2 Å². The molecule has 1 amide bonds. The van der Waals surface area contributed by atoms with Gasteiger partial charge in [-0.2, -0.15) is 0 Å². The molecule has 0 spiro atoms. The van der Waals surface area contributed by atoms with Crippen molar-refractivity contribution in [3.05, 3.63) is 24.3 Å². The first-order chi connectivity index (χ1) is 9.43. The van der Waals surface area contributed by atoms with Gasteiger partial charge in [0.1, 0.15) is 0 Å². The quantitative estimate of drug-likeness (QED) is 0.877. The zero-order chi connectivity index (χ0) is 14.3. The van der Waals surface area contributed by atoms with Gasteiger partial charge >= 0.3 is 0 Å². The van der Waals surface area contributed by atoms with Crippen molar-refractivity contribution in [3.8, 4) is 0 Å². The number of carbonyl (C=O) groups is 1. The van der Waals surface area contributed by atoms with E-state index >= 15 is 0 Å². The van der Waals surface area contributed by atoms with Crippen LogP contribution in [0.1, 0.15) is 19.3 Å². The molecule has 1 aromatic rings. The molecule has 3 unspecified atom stereocenters. The molecule has 20 heavy (non-hydrogen) atoms. The molecule has 2 fully saturated rings. The van der Waals surface area contributed by atoms with Crippen LogP contribution in [0.2, 0.25) is 0 Å². The van der Waals surface area contributed by atoms with Gasteiger partial charge in [-0.05, 0) is 37.5 Å². The molecule has 0 radical (unpaired) electrons. The summed E-state index contributed by atoms with van der Waals surface area (Å²) in [5, 5.41) is 6.26. The molecule has 2 heterocycles. The fraction of sp³-hybridized carbons (Fsp3) is 0.500. The molecule has 0 aliphatic carbocycles. The number of nitrogens with one attached hydrogen (secondary N) is 2. The Morgan fingerprint density at radius 2 is 2.15 bits per heavy atom. The van der Waals surface area contributed by atoms with Crippen LogP contribution in [0.15, 0.2) is 29.2 Å². The molecular weight excluding hydrogens is 276 g/mol. The van der Waals surface area contributed by atoms with Crippen LogP contribution in [0.4, 0.5) is 5.69 Å². The number of hydrogen-bond acceptors (Lipinski definition) is 4. The van der Waals surface area contributed by atoms with Gasteiger partial charge in [0.25, 0.3) is 0 Å². The lowest BCUT2D eigenvalue weighted by Gasteiger charge is -2.19. The van der Waals surface area contributed by atoms with Gasteiger partial charge in [0.05, 0.1) is 10.8 Å². The lowest BCUT2D eigenvalue weighted by molar-refractivity contribution is -0.120. The van der Waals surface area contributed by atoms with Crippen LogP contribution >= 0.6 is 0 Å². The molecule has 0 aromatic heterocycles. The first kappa shape index (κ1) is 13.6. The monoisotopic (exact) mass is 294 g/mol. The molecule has 2 bridgehead atoms. The van der Waals surface area contributed by atoms with Crippen LogP contribution in [0, 0.1) is 5.92 Å². The summed E-state index contributed by atoms with van der Waals surface area (Å²) < 4.78 is 23.0. The highest BCUT2D eigenvalue weighted by Gasteiger charge is 2.42. The van der Waals surface area contributed by atoms with E-state index in [1.807, 2.05) is 0 Å². The SMILES string of the molecule is CS(=O)(=O)c1cccc(NC(=O)C2CC3CCC2N3)c1. The van der Waals surface area contributed by atoms with Gasteiger partial charge in [0.2, 0.25) is 5.91 Å². The molecule has 2 aliphatic heterocycles. The summed E-state index contributed by atoms with van der Waals surface area (Å²) in [6, 6.07) is 7.15. The molecule has 3 rings (SSSR count). The molecular formula is C14H18N2O3S. The van der Waals surface area contributed by atoms with Crippen molar-refractivity contribution in [2.45, 2.75) is 36.2 Å². The molecule has 6 heteroatoms. The summed E-state index contributed by atoms with van der Waals surface area (Å²) in [5.41, 5.74) is 0.542. The standard InChI is InChI=1S/C14H18N2O3S/c1-20(18,19)11-4-2-3-9(7-11)16-14(17)12-8-10-5-6-13(12)15-10/h2-4,7,10,12-13,15H,5-6,8H2,1H3,(H,16,17). The van der Waals surface area contributed by atoms with Crippen LogP contribution < -0.4 is 10.6 Å². The van der Waals surface area contributed by atoms with E-state index in [4.69, 9.17) is 0 Å². The van der Waals surface area contributed by atoms with Crippen molar-refractivity contribution in [2.24, 2.45) is 5.92 Å². The minimum absolute atomic E-state index is 0.00404. The van der Waals surface area contributed by atoms with Crippen molar-refractivity contribution in [2.75, 3.05) is 11.6 Å². The fourth-order valence-electron chi connectivity index (χ4n) is 3.15. The second-order valence-electron chi connectivity index (χ2n) is 5.68. The van der Waals surface area contributed by atoms with E-state index in [-0.39, 0.29) is 22.8 Å². The zero-order valence-corrected chi connectivity index (χ0v) is 12.1. The third-order valence-electron chi connectivity index (χ3n) is 4.17. The third-order valence-corrected chi connectivity index (χ3v) is 5.28. The number of hydrogen-bond donors (Lipinski definition) is 2. The highest BCUT2D eigenvalue weighted by Crippen LogP contribution is 2.34. The normalized spacial score (nSPS) is 28.6. The Bertz CT molecular complexity index is 642. The van der Waals surface area contributed by atoms with Gasteiger partial charge in [-0.3, -0.25) is 4.79 Å². The lowest BCUT2D eigenvalue weighted by Crippen LogP contribution is -2.32. The van der Waals surface area contributed by atoms with Gasteiger partial charge in [-0.15, -0.1) is 0 Å². The van der Waals surface area contributed by atoms with E-state index < -0.39 is 9.84 Å². The molecule has 3 atom stereocenters. The summed E-state index contributed by atoms with van der Waals surface area (Å²) >= 11 is 0. The van der Waals surface area contributed by atoms with E-state index in [2.05, 4.69) is 10.6 Å². The van der Waals surface area contributed by atoms with Gasteiger partial charge < -0.3 is 10.6 Å². The number of amides is 1. The second kappa shape index (κ2) is 4.86. The smallest absolute Gasteiger partial charge is 0.229 e. The third kappa shape index (κ3) is 2.58. The maximum atomic E-state index is 12.3. The Balaban J connectivity index is 1.73. The van der Waals surface area contributed by atoms with Gasteiger partial charge in [-0.25, -0.2) is 8.42 Å². The average Bonchev–Trinajstić information content (AvgIpc) is 3.00. The molecule has 1 aromatic carbocycles. The van der Waals surface area contributed by atoms with E-state index in [0.29, 0.717) is 11.7 Å². The summed E-state index contributed by atoms with van der Waals surface area (Å²) in [6.07, 6.45) is 4.24. The maximum absolute atomic E-state index is 12.3. The Morgan fingerprint density at radius 1 is 1.35 bits per heavy atom. The van der Waals surface area contributed by atoms with Crippen molar-refractivity contribution < 1.29 is 13.2 Å². The van der Waals surface area contributed by atoms with Gasteiger partial charge in [0.15, 0.2) is 9.84 Å². The number of sulfone groups is 1. The Kier molecular flexibility index (Phi) is 3.30. The van der Waals surface area contributed by atoms with E-state index in [1.165, 1.54) is 12.1 Å². The minimum atomic E-state index is -3.25. The minimum Gasteiger partial charge on any atom is -0.326 e. The first-order valence-corrected chi connectivity index (χ1v) is 8.69. The largest absolute Gasteiger partial charge is 0.326 e. The summed E-state index contributed by atoms with van der Waals surface area (Å²) in [4.78, 5) is 12.5. The highest BCUT2D eigenvalue weighted by molar-refractivity contribution is 7.90. The number of carbonyl (C=O) groups excluding carboxylic acids is 1. The summed E-state index contributed by atoms with van der Waals surface area (Å²) in [6.45, 7) is 0. The van der Waals surface area contributed by atoms with Crippen LogP contribution in [-0.4, -0.2) is 32.7 Å². The van der Waals surface area contributed by atoms with Crippen molar-refractivity contribution >= 4 is 21.4 Å². The molecule has 0 saturated carbocycles. The zero-order valence-electron chi connectivity index (χ0n) is 11.3. The number of benzene rings is 1. The predicted octanol–water partition coefficient (Wildman–Crippen LogP) is 1.17. The molecule has 108 valence electrons. The molecule has 2 aliphatic rings. The van der Waals surface area contributed by atoms with Crippen molar-refractivity contribution in [1.29, 1.82) is 0 Å². The van der Waals surface area contributed by atoms with Crippen LogP contribution in [0.5, 0.6) is 0 Å². The van der Waals surface area contributed by atoms with E-state index in [1.54, 1.807) is 12.1 Å². The highest BCUT2D eigenvalue weighted by atomic mass is 32.2. The molecule has 2 saturated heterocycles. The second-order valence-corrected chi connectivity index (χ2v) is 7.69. The molecule has 5 nitrogen and oxygen atoms in total. The summed E-state index contributed by atoms with van der Waals surface area (Å²) in [7, 11) is -3.25. The van der Waals surface area contributed by atoms with Gasteiger partial charge in [-0.1, -0.05) is 6.07 Å². The lowest BCUT2D eigenvalue weighted by atomic mass is 9.88. The fourth-order valence-corrected chi connectivity index (χ4v) is 3.82. The van der Waals surface area contributed by atoms with E-state index in [0.717, 1.165) is 25.5 Å². The van der Waals surface area contributed by atoms with Crippen LogP contribution in [0.25, 0.3) is 0 Å².